The van der Waals surface area contributed by atoms with E-state index in [2.05, 4.69) is 0 Å². The number of carbonyl (C=O) groups is 1. The lowest BCUT2D eigenvalue weighted by molar-refractivity contribution is 0.0697. The van der Waals surface area contributed by atoms with E-state index in [4.69, 9.17) is 4.74 Å². The van der Waals surface area contributed by atoms with Gasteiger partial charge in [0.05, 0.1) is 17.5 Å². The van der Waals surface area contributed by atoms with Crippen molar-refractivity contribution >= 4 is 33.0 Å². The molecule has 114 valence electrons. The van der Waals surface area contributed by atoms with Crippen molar-refractivity contribution < 1.29 is 19.0 Å². The molecule has 1 aromatic carbocycles. The molecule has 3 aromatic rings. The minimum atomic E-state index is -1.32. The maximum absolute atomic E-state index is 14.0. The van der Waals surface area contributed by atoms with Crippen LogP contribution >= 0.6 is 11.3 Å². The minimum Gasteiger partial charge on any atom is -0.491 e. The molecule has 0 aliphatic heterocycles. The Bertz CT molecular complexity index is 973. The number of carboxylic acid groups (broad SMARTS) is 1. The molecule has 0 saturated carbocycles. The third kappa shape index (κ3) is 1.97. The topological polar surface area (TPSA) is 68.0 Å². The van der Waals surface area contributed by atoms with Crippen LogP contribution in [-0.4, -0.2) is 22.1 Å². The first kappa shape index (κ1) is 14.5. The summed E-state index contributed by atoms with van der Waals surface area (Å²) in [6, 6.07) is 2.48. The van der Waals surface area contributed by atoms with E-state index < -0.39 is 17.2 Å². The summed E-state index contributed by atoms with van der Waals surface area (Å²) >= 11 is 1.17. The lowest BCUT2D eigenvalue weighted by atomic mass is 10.1. The third-order valence-corrected chi connectivity index (χ3v) is 4.46. The molecule has 0 atom stereocenters. The van der Waals surface area contributed by atoms with Crippen LogP contribution in [0.1, 0.15) is 23.0 Å². The van der Waals surface area contributed by atoms with E-state index in [9.17, 15) is 19.1 Å². The van der Waals surface area contributed by atoms with Gasteiger partial charge in [0, 0.05) is 17.1 Å². The monoisotopic (exact) mass is 321 g/mol. The molecule has 2 heterocycles. The number of benzene rings is 1. The number of pyridine rings is 1. The van der Waals surface area contributed by atoms with Crippen molar-refractivity contribution in [2.24, 2.45) is 0 Å². The lowest BCUT2D eigenvalue weighted by Crippen LogP contribution is -2.17. The molecule has 0 aliphatic rings. The third-order valence-electron chi connectivity index (χ3n) is 3.39. The zero-order valence-corrected chi connectivity index (χ0v) is 12.7. The van der Waals surface area contributed by atoms with Crippen molar-refractivity contribution in [3.05, 3.63) is 44.8 Å². The fraction of sp³-hybridized carbons (Fsp3) is 0.200. The Morgan fingerprint density at radius 3 is 2.82 bits per heavy atom. The maximum Gasteiger partial charge on any atom is 0.342 e. The number of fused-ring (bicyclic) bond motifs is 3. The lowest BCUT2D eigenvalue weighted by Gasteiger charge is -2.10. The quantitative estimate of drug-likeness (QED) is 0.805. The first-order valence-corrected chi connectivity index (χ1v) is 7.45. The van der Waals surface area contributed by atoms with Crippen LogP contribution < -0.4 is 10.2 Å². The van der Waals surface area contributed by atoms with Crippen molar-refractivity contribution in [2.45, 2.75) is 13.8 Å². The van der Waals surface area contributed by atoms with Crippen molar-refractivity contribution in [2.75, 3.05) is 6.61 Å². The molecule has 0 fully saturated rings. The molecule has 0 radical (unpaired) electrons. The summed E-state index contributed by atoms with van der Waals surface area (Å²) in [6.07, 6.45) is 0. The van der Waals surface area contributed by atoms with Gasteiger partial charge < -0.3 is 14.2 Å². The molecular formula is C15H12FNO4S. The summed E-state index contributed by atoms with van der Waals surface area (Å²) in [5.74, 6) is -1.96. The second kappa shape index (κ2) is 5.10. The van der Waals surface area contributed by atoms with Crippen molar-refractivity contribution in [3.8, 4) is 5.75 Å². The predicted molar refractivity (Wildman–Crippen MR) is 81.9 cm³/mol. The van der Waals surface area contributed by atoms with E-state index in [1.807, 2.05) is 0 Å². The number of hydrogen-bond donors (Lipinski definition) is 1. The Balaban J connectivity index is 2.57. The Hall–Kier alpha value is -2.41. The van der Waals surface area contributed by atoms with E-state index in [0.29, 0.717) is 10.3 Å². The fourth-order valence-corrected chi connectivity index (χ4v) is 3.51. The number of carboxylic acids is 1. The molecule has 0 amide bonds. The van der Waals surface area contributed by atoms with E-state index >= 15 is 0 Å². The van der Waals surface area contributed by atoms with E-state index in [1.54, 1.807) is 23.6 Å². The normalized spacial score (nSPS) is 11.2. The van der Waals surface area contributed by atoms with E-state index in [0.717, 1.165) is 11.8 Å². The summed E-state index contributed by atoms with van der Waals surface area (Å²) in [7, 11) is 0. The molecule has 0 spiro atoms. The minimum absolute atomic E-state index is 0.0253. The summed E-state index contributed by atoms with van der Waals surface area (Å²) in [6.45, 7) is 3.81. The molecule has 2 aromatic heterocycles. The number of rotatable bonds is 3. The molecule has 3 rings (SSSR count). The van der Waals surface area contributed by atoms with Crippen molar-refractivity contribution in [1.29, 1.82) is 0 Å². The first-order valence-electron chi connectivity index (χ1n) is 6.57. The molecular weight excluding hydrogens is 309 g/mol. The Morgan fingerprint density at radius 2 is 2.18 bits per heavy atom. The standard InChI is InChI=1S/C15H12FNO4S/c1-3-21-11-5-10-8(4-9(11)16)13(18)12(15(19)20)14-17(10)7(2)6-22-14/h4-6H,3H2,1-2H3,(H,19,20). The Kier molecular flexibility index (Phi) is 3.37. The highest BCUT2D eigenvalue weighted by Gasteiger charge is 2.21. The van der Waals surface area contributed by atoms with Crippen LogP contribution in [-0.2, 0) is 0 Å². The number of ether oxygens (including phenoxy) is 1. The van der Waals surface area contributed by atoms with E-state index in [1.165, 1.54) is 17.4 Å². The van der Waals surface area contributed by atoms with E-state index in [-0.39, 0.29) is 23.3 Å². The summed E-state index contributed by atoms with van der Waals surface area (Å²) in [5, 5.41) is 11.1. The van der Waals surface area contributed by atoms with Gasteiger partial charge >= 0.3 is 5.97 Å². The van der Waals surface area contributed by atoms with Gasteiger partial charge in [-0.25, -0.2) is 9.18 Å². The predicted octanol–water partition coefficient (Wildman–Crippen LogP) is 3.06. The van der Waals surface area contributed by atoms with Crippen LogP contribution in [0.3, 0.4) is 0 Å². The first-order chi connectivity index (χ1) is 10.5. The highest BCUT2D eigenvalue weighted by Crippen LogP contribution is 2.28. The van der Waals surface area contributed by atoms with Crippen LogP contribution in [0.25, 0.3) is 15.7 Å². The Morgan fingerprint density at radius 1 is 1.45 bits per heavy atom. The van der Waals surface area contributed by atoms with Crippen LogP contribution in [0.15, 0.2) is 22.3 Å². The van der Waals surface area contributed by atoms with Gasteiger partial charge in [-0.3, -0.25) is 4.79 Å². The summed E-state index contributed by atoms with van der Waals surface area (Å²) in [5.41, 5.74) is 0.176. The van der Waals surface area contributed by atoms with Crippen LogP contribution in [0.2, 0.25) is 0 Å². The fourth-order valence-electron chi connectivity index (χ4n) is 2.47. The summed E-state index contributed by atoms with van der Waals surface area (Å²) < 4.78 is 20.9. The second-order valence-electron chi connectivity index (χ2n) is 4.76. The van der Waals surface area contributed by atoms with Gasteiger partial charge in [-0.05, 0) is 19.9 Å². The average molecular weight is 321 g/mol. The number of nitrogens with zero attached hydrogens (tertiary/aromatic N) is 1. The molecule has 22 heavy (non-hydrogen) atoms. The van der Waals surface area contributed by atoms with Gasteiger partial charge in [-0.2, -0.15) is 0 Å². The number of aryl methyl sites for hydroxylation is 1. The number of hydrogen-bond acceptors (Lipinski definition) is 4. The molecule has 1 N–H and O–H groups in total. The van der Waals surface area contributed by atoms with Gasteiger partial charge in [0.1, 0.15) is 10.4 Å². The molecule has 0 aliphatic carbocycles. The number of halogens is 1. The second-order valence-corrected chi connectivity index (χ2v) is 5.62. The number of thiazole rings is 1. The molecule has 5 nitrogen and oxygen atoms in total. The molecule has 7 heteroatoms. The van der Waals surface area contributed by atoms with Crippen molar-refractivity contribution in [3.63, 3.8) is 0 Å². The van der Waals surface area contributed by atoms with Gasteiger partial charge in [0.15, 0.2) is 11.6 Å². The van der Waals surface area contributed by atoms with Gasteiger partial charge in [0.25, 0.3) is 0 Å². The number of aromatic carboxylic acids is 1. The largest absolute Gasteiger partial charge is 0.491 e. The SMILES string of the molecule is CCOc1cc2c(cc1F)c(=O)c(C(=O)O)c1scc(C)n12. The Labute approximate surface area is 128 Å². The van der Waals surface area contributed by atoms with Crippen LogP contribution in [0, 0.1) is 12.7 Å². The average Bonchev–Trinajstić information content (AvgIpc) is 2.82. The highest BCUT2D eigenvalue weighted by molar-refractivity contribution is 7.16. The zero-order valence-electron chi connectivity index (χ0n) is 11.8. The van der Waals surface area contributed by atoms with Crippen LogP contribution in [0.4, 0.5) is 4.39 Å². The zero-order chi connectivity index (χ0) is 16.0. The van der Waals surface area contributed by atoms with Crippen molar-refractivity contribution in [1.82, 2.24) is 4.40 Å². The van der Waals surface area contributed by atoms with Crippen LogP contribution in [0.5, 0.6) is 5.75 Å². The smallest absolute Gasteiger partial charge is 0.342 e. The van der Waals surface area contributed by atoms with Gasteiger partial charge in [-0.15, -0.1) is 11.3 Å². The van der Waals surface area contributed by atoms with Gasteiger partial charge in [0.2, 0.25) is 5.43 Å². The van der Waals surface area contributed by atoms with Gasteiger partial charge in [-0.1, -0.05) is 0 Å². The highest BCUT2D eigenvalue weighted by atomic mass is 32.1. The summed E-state index contributed by atoms with van der Waals surface area (Å²) in [4.78, 5) is 24.2. The number of aromatic nitrogens is 1. The molecule has 0 saturated heterocycles. The molecule has 0 bridgehead atoms. The maximum atomic E-state index is 14.0. The molecule has 0 unspecified atom stereocenters.